The van der Waals surface area contributed by atoms with E-state index in [9.17, 15) is 9.59 Å². The second-order valence-corrected chi connectivity index (χ2v) is 8.67. The molecule has 1 aliphatic rings. The molecule has 4 aromatic rings. The second kappa shape index (κ2) is 9.45. The van der Waals surface area contributed by atoms with Crippen LogP contribution in [0.5, 0.6) is 0 Å². The Hall–Kier alpha value is -3.67. The third-order valence-electron chi connectivity index (χ3n) is 6.40. The number of carbonyl (C=O) groups excluding carboxylic acids is 1. The van der Waals surface area contributed by atoms with E-state index in [1.807, 2.05) is 47.0 Å². The van der Waals surface area contributed by atoms with Crippen LogP contribution in [0.15, 0.2) is 77.2 Å². The molecule has 0 saturated carbocycles. The molecule has 0 spiro atoms. The largest absolute Gasteiger partial charge is 0.354 e. The van der Waals surface area contributed by atoms with Crippen molar-refractivity contribution in [3.05, 3.63) is 88.4 Å². The Kier molecular flexibility index (Phi) is 6.07. The van der Waals surface area contributed by atoms with Gasteiger partial charge in [-0.1, -0.05) is 60.2 Å². The van der Waals surface area contributed by atoms with Gasteiger partial charge in [0.1, 0.15) is 12.1 Å². The van der Waals surface area contributed by atoms with E-state index in [0.717, 1.165) is 41.1 Å². The number of benzene rings is 2. The molecule has 2 heterocycles. The molecule has 0 atom stereocenters. The van der Waals surface area contributed by atoms with E-state index in [0.29, 0.717) is 18.6 Å². The molecule has 6 heteroatoms. The Balaban J connectivity index is 1.42. The maximum atomic E-state index is 13.5. The molecule has 1 N–H and O–H groups in total. The van der Waals surface area contributed by atoms with Crippen molar-refractivity contribution in [2.24, 2.45) is 0 Å². The van der Waals surface area contributed by atoms with E-state index in [1.165, 1.54) is 23.1 Å². The van der Waals surface area contributed by atoms with Crippen LogP contribution in [0.1, 0.15) is 37.7 Å². The molecule has 0 aliphatic heterocycles. The number of carbonyl (C=O) groups is 1. The van der Waals surface area contributed by atoms with Crippen LogP contribution >= 0.6 is 0 Å². The van der Waals surface area contributed by atoms with Gasteiger partial charge < -0.3 is 9.88 Å². The molecular weight excluding hydrogens is 412 g/mol. The average Bonchev–Trinajstić information content (AvgIpc) is 3.16. The Labute approximate surface area is 192 Å². The van der Waals surface area contributed by atoms with Crippen molar-refractivity contribution in [2.75, 3.05) is 6.54 Å². The van der Waals surface area contributed by atoms with Crippen LogP contribution in [0, 0.1) is 0 Å². The number of nitrogens with one attached hydrogen (secondary N) is 1. The van der Waals surface area contributed by atoms with E-state index in [2.05, 4.69) is 28.6 Å². The van der Waals surface area contributed by atoms with Crippen LogP contribution in [0.2, 0.25) is 0 Å². The topological polar surface area (TPSA) is 68.9 Å². The van der Waals surface area contributed by atoms with Crippen LogP contribution in [-0.4, -0.2) is 26.8 Å². The first-order chi connectivity index (χ1) is 16.2. The van der Waals surface area contributed by atoms with Gasteiger partial charge in [-0.25, -0.2) is 4.68 Å². The molecule has 168 valence electrons. The summed E-state index contributed by atoms with van der Waals surface area (Å²) in [6.45, 7) is 1.09. The Morgan fingerprint density at radius 3 is 2.64 bits per heavy atom. The molecule has 6 nitrogen and oxygen atoms in total. The summed E-state index contributed by atoms with van der Waals surface area (Å²) >= 11 is 0. The van der Waals surface area contributed by atoms with Gasteiger partial charge in [0.2, 0.25) is 5.91 Å². The molecule has 0 unspecified atom stereocenters. The minimum Gasteiger partial charge on any atom is -0.354 e. The predicted octanol–water partition coefficient (Wildman–Crippen LogP) is 4.41. The number of fused-ring (bicyclic) bond motifs is 3. The zero-order valence-electron chi connectivity index (χ0n) is 18.7. The Morgan fingerprint density at radius 2 is 1.82 bits per heavy atom. The minimum atomic E-state index is -0.246. The molecule has 0 bridgehead atoms. The van der Waals surface area contributed by atoms with Gasteiger partial charge in [0.05, 0.1) is 6.20 Å². The van der Waals surface area contributed by atoms with Gasteiger partial charge in [0.25, 0.3) is 5.56 Å². The fourth-order valence-corrected chi connectivity index (χ4v) is 4.72. The number of nitrogens with zero attached hydrogens (tertiary/aromatic N) is 3. The first kappa shape index (κ1) is 21.2. The Morgan fingerprint density at radius 1 is 1.00 bits per heavy atom. The van der Waals surface area contributed by atoms with Crippen LogP contribution in [0.3, 0.4) is 0 Å². The highest BCUT2D eigenvalue weighted by Crippen LogP contribution is 2.27. The monoisotopic (exact) mass is 440 g/mol. The normalized spacial score (nSPS) is 13.9. The third kappa shape index (κ3) is 4.46. The van der Waals surface area contributed by atoms with Gasteiger partial charge in [-0.05, 0) is 43.7 Å². The molecular formula is C27H28N4O2. The van der Waals surface area contributed by atoms with Crippen molar-refractivity contribution >= 4 is 27.7 Å². The molecule has 1 aliphatic carbocycles. The van der Waals surface area contributed by atoms with Crippen molar-refractivity contribution in [1.82, 2.24) is 19.7 Å². The van der Waals surface area contributed by atoms with E-state index in [1.54, 1.807) is 6.20 Å². The number of rotatable bonds is 7. The number of aromatic nitrogens is 3. The lowest BCUT2D eigenvalue weighted by Gasteiger charge is -2.13. The standard InChI is InChI=1S/C27H28N4O2/c32-25(28-16-15-20-9-3-1-4-10-20)19-31-27(33)26-23(17-29-31)22-13-7-8-14-24(22)30(26)18-21-11-5-2-6-12-21/h2,5-9,11-14,17H,1,3-4,10,15-16,18-19H2,(H,28,32). The minimum absolute atomic E-state index is 0.0827. The number of allylic oxidation sites excluding steroid dienone is 1. The molecule has 33 heavy (non-hydrogen) atoms. The van der Waals surface area contributed by atoms with Gasteiger partial charge in [-0.15, -0.1) is 0 Å². The van der Waals surface area contributed by atoms with Crippen molar-refractivity contribution in [3.8, 4) is 0 Å². The van der Waals surface area contributed by atoms with Crippen molar-refractivity contribution in [2.45, 2.75) is 45.2 Å². The molecule has 2 aromatic carbocycles. The third-order valence-corrected chi connectivity index (χ3v) is 6.40. The zero-order valence-corrected chi connectivity index (χ0v) is 18.7. The van der Waals surface area contributed by atoms with Crippen LogP contribution in [-0.2, 0) is 17.9 Å². The summed E-state index contributed by atoms with van der Waals surface area (Å²) < 4.78 is 3.31. The van der Waals surface area contributed by atoms with Gasteiger partial charge in [-0.2, -0.15) is 5.10 Å². The fourth-order valence-electron chi connectivity index (χ4n) is 4.72. The van der Waals surface area contributed by atoms with Crippen molar-refractivity contribution < 1.29 is 4.79 Å². The highest BCUT2D eigenvalue weighted by Gasteiger charge is 2.17. The number of para-hydroxylation sites is 1. The van der Waals surface area contributed by atoms with E-state index in [4.69, 9.17) is 0 Å². The van der Waals surface area contributed by atoms with Gasteiger partial charge >= 0.3 is 0 Å². The quantitative estimate of drug-likeness (QED) is 0.433. The summed E-state index contributed by atoms with van der Waals surface area (Å²) in [4.78, 5) is 26.0. The summed E-state index contributed by atoms with van der Waals surface area (Å²) in [5.74, 6) is -0.189. The maximum absolute atomic E-state index is 13.5. The Bertz CT molecular complexity index is 1380. The molecule has 0 saturated heterocycles. The number of hydrogen-bond acceptors (Lipinski definition) is 3. The van der Waals surface area contributed by atoms with Gasteiger partial charge in [-0.3, -0.25) is 9.59 Å². The van der Waals surface area contributed by atoms with Crippen LogP contribution in [0.4, 0.5) is 0 Å². The fraction of sp³-hybridized carbons (Fsp3) is 0.296. The summed E-state index contributed by atoms with van der Waals surface area (Å²) in [5.41, 5.74) is 3.85. The maximum Gasteiger partial charge on any atom is 0.291 e. The molecule has 0 radical (unpaired) electrons. The van der Waals surface area contributed by atoms with Crippen molar-refractivity contribution in [1.29, 1.82) is 0 Å². The lowest BCUT2D eigenvalue weighted by Crippen LogP contribution is -2.34. The highest BCUT2D eigenvalue weighted by molar-refractivity contribution is 6.07. The lowest BCUT2D eigenvalue weighted by atomic mass is 9.97. The number of hydrogen-bond donors (Lipinski definition) is 1. The van der Waals surface area contributed by atoms with E-state index >= 15 is 0 Å². The molecule has 2 aromatic heterocycles. The first-order valence-corrected chi connectivity index (χ1v) is 11.7. The van der Waals surface area contributed by atoms with Gasteiger partial charge in [0.15, 0.2) is 0 Å². The lowest BCUT2D eigenvalue weighted by molar-refractivity contribution is -0.121. The summed E-state index contributed by atoms with van der Waals surface area (Å²) in [6, 6.07) is 18.1. The highest BCUT2D eigenvalue weighted by atomic mass is 16.2. The first-order valence-electron chi connectivity index (χ1n) is 11.7. The second-order valence-electron chi connectivity index (χ2n) is 8.67. The van der Waals surface area contributed by atoms with E-state index < -0.39 is 0 Å². The number of amides is 1. The summed E-state index contributed by atoms with van der Waals surface area (Å²) in [7, 11) is 0. The summed E-state index contributed by atoms with van der Waals surface area (Å²) in [6.07, 6.45) is 9.63. The smallest absolute Gasteiger partial charge is 0.291 e. The summed E-state index contributed by atoms with van der Waals surface area (Å²) in [5, 5.41) is 9.09. The average molecular weight is 441 g/mol. The van der Waals surface area contributed by atoms with E-state index in [-0.39, 0.29) is 18.0 Å². The van der Waals surface area contributed by atoms with Gasteiger partial charge in [0, 0.05) is 29.4 Å². The molecule has 1 amide bonds. The van der Waals surface area contributed by atoms with Crippen LogP contribution < -0.4 is 10.9 Å². The van der Waals surface area contributed by atoms with Crippen molar-refractivity contribution in [3.63, 3.8) is 0 Å². The van der Waals surface area contributed by atoms with Crippen LogP contribution in [0.25, 0.3) is 21.8 Å². The molecule has 0 fully saturated rings. The molecule has 5 rings (SSSR count). The SMILES string of the molecule is O=C(Cn1ncc2c3ccccc3n(Cc3ccccc3)c2c1=O)NCCC1=CCCCC1. The predicted molar refractivity (Wildman–Crippen MR) is 131 cm³/mol. The zero-order chi connectivity index (χ0) is 22.6.